The summed E-state index contributed by atoms with van der Waals surface area (Å²) in [5.41, 5.74) is 0.482. The normalized spacial score (nSPS) is 15.7. The number of allylic oxidation sites excluding steroid dienone is 6. The highest BCUT2D eigenvalue weighted by Gasteiger charge is 2.62. The van der Waals surface area contributed by atoms with Crippen LogP contribution in [0.4, 0.5) is 0 Å². The summed E-state index contributed by atoms with van der Waals surface area (Å²) in [4.78, 5) is 36.0. The average molecular weight is 807 g/mol. The number of hydrogen-bond donors (Lipinski definition) is 0. The summed E-state index contributed by atoms with van der Waals surface area (Å²) in [7, 11) is -9.54. The third-order valence-corrected chi connectivity index (χ3v) is 14.3. The maximum atomic E-state index is 15.4. The fourth-order valence-corrected chi connectivity index (χ4v) is 9.04. The summed E-state index contributed by atoms with van der Waals surface area (Å²) in [6.07, 6.45) is 9.28. The van der Waals surface area contributed by atoms with Gasteiger partial charge in [-0.2, -0.15) is 0 Å². The van der Waals surface area contributed by atoms with Crippen LogP contribution < -0.4 is 0 Å². The Balaban J connectivity index is 7.28. The van der Waals surface area contributed by atoms with Crippen molar-refractivity contribution in [2.75, 3.05) is 27.0 Å². The Labute approximate surface area is 326 Å². The molecule has 12 nitrogen and oxygen atoms in total. The van der Waals surface area contributed by atoms with Gasteiger partial charge in [0.15, 0.2) is 4.90 Å². The fraction of sp³-hybridized carbons (Fsp3) is 0.775. The summed E-state index contributed by atoms with van der Waals surface area (Å²) < 4.78 is 70.4. The molecular formula is C40H72O12P2. The van der Waals surface area contributed by atoms with E-state index in [2.05, 4.69) is 12.2 Å². The van der Waals surface area contributed by atoms with Gasteiger partial charge in [-0.1, -0.05) is 41.9 Å². The summed E-state index contributed by atoms with van der Waals surface area (Å²) >= 11 is 0. The predicted molar refractivity (Wildman–Crippen MR) is 214 cm³/mol. The van der Waals surface area contributed by atoms with E-state index in [1.54, 1.807) is 68.4 Å². The molecule has 0 radical (unpaired) electrons. The number of hydrogen-bond acceptors (Lipinski definition) is 12. The SMILES string of the molecule is CC(C)=CCC/C(C)=C/CC(C)(P(=O)(OCC[C@H](C)CCC=C(C)C)OCOC(=O)C(C)(C)C)P(=O)(OCOC(=O)C(C)(C)C)OCOC(=O)C(C)(C)C. The van der Waals surface area contributed by atoms with E-state index >= 15 is 9.13 Å². The third kappa shape index (κ3) is 18.7. The minimum atomic E-state index is -4.84. The second-order valence-electron chi connectivity index (χ2n) is 17.7. The van der Waals surface area contributed by atoms with Gasteiger partial charge in [-0.25, -0.2) is 0 Å². The van der Waals surface area contributed by atoms with Crippen LogP contribution in [0.2, 0.25) is 0 Å². The monoisotopic (exact) mass is 806 g/mol. The van der Waals surface area contributed by atoms with Crippen molar-refractivity contribution in [1.82, 2.24) is 0 Å². The molecular weight excluding hydrogens is 734 g/mol. The maximum Gasteiger partial charge on any atom is 0.354 e. The van der Waals surface area contributed by atoms with Crippen molar-refractivity contribution in [2.45, 2.75) is 154 Å². The molecule has 0 saturated heterocycles. The van der Waals surface area contributed by atoms with Crippen LogP contribution in [0.25, 0.3) is 0 Å². The van der Waals surface area contributed by atoms with Gasteiger partial charge in [-0.05, 0) is 148 Å². The van der Waals surface area contributed by atoms with Crippen LogP contribution in [0, 0.1) is 22.2 Å². The average Bonchev–Trinajstić information content (AvgIpc) is 3.01. The van der Waals surface area contributed by atoms with Crippen molar-refractivity contribution in [3.05, 3.63) is 34.9 Å². The Morgan fingerprint density at radius 3 is 1.30 bits per heavy atom. The lowest BCUT2D eigenvalue weighted by Gasteiger charge is -2.39. The topological polar surface area (TPSA) is 150 Å². The Bertz CT molecular complexity index is 1360. The molecule has 0 rings (SSSR count). The summed E-state index contributed by atoms with van der Waals surface area (Å²) in [5, 5.41) is 0. The third-order valence-electron chi connectivity index (χ3n) is 8.27. The molecule has 0 aliphatic heterocycles. The van der Waals surface area contributed by atoms with Crippen molar-refractivity contribution < 1.29 is 55.8 Å². The largest absolute Gasteiger partial charge is 0.438 e. The first-order chi connectivity index (χ1) is 24.5. The number of carbonyl (C=O) groups is 3. The Morgan fingerprint density at radius 2 is 0.926 bits per heavy atom. The molecule has 0 aromatic heterocycles. The zero-order chi connectivity index (χ0) is 42.2. The van der Waals surface area contributed by atoms with Crippen LogP contribution in [0.5, 0.6) is 0 Å². The van der Waals surface area contributed by atoms with E-state index in [-0.39, 0.29) is 18.9 Å². The van der Waals surface area contributed by atoms with Crippen molar-refractivity contribution in [1.29, 1.82) is 0 Å². The lowest BCUT2D eigenvalue weighted by molar-refractivity contribution is -0.162. The molecule has 2 unspecified atom stereocenters. The van der Waals surface area contributed by atoms with Crippen LogP contribution in [-0.4, -0.2) is 49.8 Å². The first kappa shape index (κ1) is 51.9. The van der Waals surface area contributed by atoms with E-state index in [0.717, 1.165) is 30.4 Å². The number of esters is 3. The minimum absolute atomic E-state index is 0.0721. The minimum Gasteiger partial charge on any atom is -0.438 e. The molecule has 0 spiro atoms. The molecule has 0 amide bonds. The van der Waals surface area contributed by atoms with Gasteiger partial charge in [0, 0.05) is 0 Å². The quantitative estimate of drug-likeness (QED) is 0.0318. The Hall–Kier alpha value is -2.07. The van der Waals surface area contributed by atoms with Gasteiger partial charge in [0.05, 0.1) is 22.9 Å². The molecule has 54 heavy (non-hydrogen) atoms. The first-order valence-electron chi connectivity index (χ1n) is 18.7. The molecule has 0 saturated carbocycles. The van der Waals surface area contributed by atoms with Crippen molar-refractivity contribution in [3.8, 4) is 0 Å². The maximum absolute atomic E-state index is 15.4. The van der Waals surface area contributed by atoms with Crippen LogP contribution in [0.1, 0.15) is 149 Å². The van der Waals surface area contributed by atoms with Crippen LogP contribution >= 0.6 is 15.2 Å². The van der Waals surface area contributed by atoms with Crippen LogP contribution in [0.15, 0.2) is 34.9 Å². The number of ether oxygens (including phenoxy) is 3. The van der Waals surface area contributed by atoms with E-state index < -0.39 is 74.6 Å². The lowest BCUT2D eigenvalue weighted by atomic mass is 9.98. The molecule has 0 fully saturated rings. The van der Waals surface area contributed by atoms with Crippen LogP contribution in [-0.2, 0) is 55.8 Å². The van der Waals surface area contributed by atoms with Crippen molar-refractivity contribution in [2.24, 2.45) is 22.2 Å². The van der Waals surface area contributed by atoms with Gasteiger partial charge in [-0.3, -0.25) is 37.1 Å². The molecule has 0 bridgehead atoms. The van der Waals surface area contributed by atoms with Gasteiger partial charge in [0.2, 0.25) is 20.4 Å². The van der Waals surface area contributed by atoms with Crippen LogP contribution in [0.3, 0.4) is 0 Å². The lowest BCUT2D eigenvalue weighted by Crippen LogP contribution is -2.33. The standard InChI is InChI=1S/C40H72O12P2/c1-30(2)19-17-21-32(5)23-25-40(16,54(45,51-28-47-35(42)38(10,11)12)52-29-48-36(43)39(13,14)15)53(44,50-27-46-34(41)37(7,8)9)49-26-24-33(6)22-18-20-31(3)4/h19-20,23,33H,17-18,21-22,24-29H2,1-16H3/b32-23+/t33-,40?,53?/m1/s1. The Morgan fingerprint density at radius 1 is 0.556 bits per heavy atom. The zero-order valence-electron chi connectivity index (χ0n) is 36.2. The molecule has 0 N–H and O–H groups in total. The predicted octanol–water partition coefficient (Wildman–Crippen LogP) is 11.7. The molecule has 314 valence electrons. The number of carbonyl (C=O) groups excluding carboxylic acids is 3. The summed E-state index contributed by atoms with van der Waals surface area (Å²) in [5.74, 6) is -1.78. The van der Waals surface area contributed by atoms with Crippen molar-refractivity contribution in [3.63, 3.8) is 0 Å². The highest BCUT2D eigenvalue weighted by Crippen LogP contribution is 2.79. The van der Waals surface area contributed by atoms with E-state index in [9.17, 15) is 14.4 Å². The zero-order valence-corrected chi connectivity index (χ0v) is 38.0. The molecule has 3 atom stereocenters. The molecule has 0 aromatic rings. The van der Waals surface area contributed by atoms with Gasteiger partial charge >= 0.3 is 33.1 Å². The second-order valence-corrected chi connectivity index (χ2v) is 23.0. The van der Waals surface area contributed by atoms with E-state index in [1.165, 1.54) is 12.5 Å². The molecule has 0 aliphatic carbocycles. The highest BCUT2D eigenvalue weighted by molar-refractivity contribution is 7.74. The Kier molecular flexibility index (Phi) is 21.7. The smallest absolute Gasteiger partial charge is 0.354 e. The fourth-order valence-electron chi connectivity index (χ4n) is 4.33. The summed E-state index contributed by atoms with van der Waals surface area (Å²) in [6, 6.07) is 0. The van der Waals surface area contributed by atoms with Gasteiger partial charge in [0.25, 0.3) is 0 Å². The van der Waals surface area contributed by atoms with Gasteiger partial charge in [-0.15, -0.1) is 0 Å². The van der Waals surface area contributed by atoms with E-state index in [4.69, 9.17) is 32.3 Å². The molecule has 0 aliphatic rings. The molecule has 0 aromatic carbocycles. The van der Waals surface area contributed by atoms with Crippen molar-refractivity contribution >= 4 is 33.1 Å². The first-order valence-corrected chi connectivity index (χ1v) is 21.8. The van der Waals surface area contributed by atoms with Gasteiger partial charge in [0.1, 0.15) is 0 Å². The molecule has 0 heterocycles. The second kappa shape index (κ2) is 22.6. The van der Waals surface area contributed by atoms with E-state index in [1.807, 2.05) is 41.5 Å². The number of rotatable bonds is 23. The van der Waals surface area contributed by atoms with Gasteiger partial charge < -0.3 is 18.7 Å². The van der Waals surface area contributed by atoms with E-state index in [0.29, 0.717) is 12.8 Å². The highest BCUT2D eigenvalue weighted by atomic mass is 31.2. The molecule has 14 heteroatoms. The summed E-state index contributed by atoms with van der Waals surface area (Å²) in [6.45, 7) is 25.6.